The third kappa shape index (κ3) is 7.73. The van der Waals surface area contributed by atoms with Gasteiger partial charge in [-0.25, -0.2) is 8.42 Å². The molecule has 0 saturated heterocycles. The maximum absolute atomic E-state index is 13.3. The Labute approximate surface area is 211 Å². The number of carboxylic acid groups (broad SMARTS) is 1. The molecule has 0 atom stereocenters. The third-order valence-corrected chi connectivity index (χ3v) is 6.53. The number of carbonyl (C=O) groups is 1. The molecule has 0 heterocycles. The Morgan fingerprint density at radius 2 is 1.39 bits per heavy atom. The Kier molecular flexibility index (Phi) is 8.60. The molecule has 3 aromatic rings. The van der Waals surface area contributed by atoms with Crippen LogP contribution in [0.3, 0.4) is 0 Å². The summed E-state index contributed by atoms with van der Waals surface area (Å²) in [6, 6.07) is 17.4. The van der Waals surface area contributed by atoms with Crippen LogP contribution in [0.1, 0.15) is 26.3 Å². The number of aliphatic carboxylic acids is 1. The average molecular weight is 515 g/mol. The van der Waals surface area contributed by atoms with Gasteiger partial charge < -0.3 is 24.1 Å². The van der Waals surface area contributed by atoms with Crippen molar-refractivity contribution >= 4 is 15.8 Å². The first-order chi connectivity index (χ1) is 17.0. The maximum atomic E-state index is 13.3. The van der Waals surface area contributed by atoms with Gasteiger partial charge in [-0.1, -0.05) is 0 Å². The summed E-state index contributed by atoms with van der Waals surface area (Å²) in [6.45, 7) is 6.39. The smallest absolute Gasteiger partial charge is 0.307 e. The van der Waals surface area contributed by atoms with E-state index >= 15 is 0 Å². The van der Waals surface area contributed by atoms with Crippen LogP contribution in [0.4, 0.5) is 0 Å². The molecule has 3 rings (SSSR count). The van der Waals surface area contributed by atoms with E-state index in [1.807, 2.05) is 20.8 Å². The number of rotatable bonds is 11. The Hall–Kier alpha value is -3.56. The molecule has 0 fully saturated rings. The predicted molar refractivity (Wildman–Crippen MR) is 134 cm³/mol. The lowest BCUT2D eigenvalue weighted by Crippen LogP contribution is -2.22. The van der Waals surface area contributed by atoms with E-state index < -0.39 is 15.8 Å². The van der Waals surface area contributed by atoms with Crippen LogP contribution >= 0.6 is 0 Å². The molecule has 0 aliphatic heterocycles. The standard InChI is InChI=1S/C27H30O8S/c1-27(2,3)35-22-7-5-20(6-8-22)34-21-9-11-24(12-10-21)36(30,31)25-16-19(17-26(28)29)15-23(18-25)33-14-13-32-4/h5-12,15-16,18H,13-14,17H2,1-4H3,(H,28,29). The highest BCUT2D eigenvalue weighted by molar-refractivity contribution is 7.91. The highest BCUT2D eigenvalue weighted by Crippen LogP contribution is 2.30. The molecule has 9 heteroatoms. The van der Waals surface area contributed by atoms with Crippen molar-refractivity contribution in [3.05, 3.63) is 72.3 Å². The number of ether oxygens (including phenoxy) is 4. The molecular formula is C27H30O8S. The van der Waals surface area contributed by atoms with E-state index in [9.17, 15) is 13.2 Å². The van der Waals surface area contributed by atoms with Crippen molar-refractivity contribution in [2.24, 2.45) is 0 Å². The monoisotopic (exact) mass is 514 g/mol. The van der Waals surface area contributed by atoms with E-state index in [0.29, 0.717) is 29.4 Å². The van der Waals surface area contributed by atoms with Gasteiger partial charge in [0.25, 0.3) is 0 Å². The molecule has 0 aliphatic rings. The van der Waals surface area contributed by atoms with Gasteiger partial charge in [0.05, 0.1) is 22.8 Å². The van der Waals surface area contributed by atoms with Crippen LogP contribution in [0.5, 0.6) is 23.0 Å². The fourth-order valence-electron chi connectivity index (χ4n) is 3.28. The van der Waals surface area contributed by atoms with Crippen LogP contribution in [0.15, 0.2) is 76.5 Å². The Morgan fingerprint density at radius 3 is 1.94 bits per heavy atom. The topological polar surface area (TPSA) is 108 Å². The first kappa shape index (κ1) is 27.0. The number of hydrogen-bond acceptors (Lipinski definition) is 7. The van der Waals surface area contributed by atoms with Gasteiger partial charge in [0.1, 0.15) is 35.2 Å². The first-order valence-electron chi connectivity index (χ1n) is 11.3. The molecule has 0 unspecified atom stereocenters. The Bertz CT molecular complexity index is 1270. The average Bonchev–Trinajstić information content (AvgIpc) is 2.79. The molecule has 8 nitrogen and oxygen atoms in total. The largest absolute Gasteiger partial charge is 0.491 e. The summed E-state index contributed by atoms with van der Waals surface area (Å²) in [5.74, 6) is 0.926. The van der Waals surface area contributed by atoms with E-state index in [4.69, 9.17) is 24.1 Å². The number of benzene rings is 3. The second kappa shape index (κ2) is 11.5. The SMILES string of the molecule is COCCOc1cc(CC(=O)O)cc(S(=O)(=O)c2ccc(Oc3ccc(OC(C)(C)C)cc3)cc2)c1. The molecular weight excluding hydrogens is 484 g/mol. The highest BCUT2D eigenvalue weighted by atomic mass is 32.2. The number of sulfone groups is 1. The lowest BCUT2D eigenvalue weighted by molar-refractivity contribution is -0.136. The van der Waals surface area contributed by atoms with Gasteiger partial charge in [-0.15, -0.1) is 0 Å². The highest BCUT2D eigenvalue weighted by Gasteiger charge is 2.20. The van der Waals surface area contributed by atoms with Crippen molar-refractivity contribution < 1.29 is 37.3 Å². The summed E-state index contributed by atoms with van der Waals surface area (Å²) in [6.07, 6.45) is -0.337. The number of methoxy groups -OCH3 is 1. The zero-order chi connectivity index (χ0) is 26.3. The summed E-state index contributed by atoms with van der Waals surface area (Å²) >= 11 is 0. The Balaban J connectivity index is 1.80. The van der Waals surface area contributed by atoms with E-state index in [-0.39, 0.29) is 34.2 Å². The Morgan fingerprint density at radius 1 is 0.806 bits per heavy atom. The van der Waals surface area contributed by atoms with E-state index in [1.165, 1.54) is 37.4 Å². The van der Waals surface area contributed by atoms with Crippen LogP contribution in [-0.4, -0.2) is 45.4 Å². The van der Waals surface area contributed by atoms with Crippen LogP contribution in [0.2, 0.25) is 0 Å². The molecule has 0 aliphatic carbocycles. The molecule has 0 radical (unpaired) electrons. The van der Waals surface area contributed by atoms with Crippen molar-refractivity contribution in [2.45, 2.75) is 42.6 Å². The second-order valence-electron chi connectivity index (χ2n) is 8.99. The first-order valence-corrected chi connectivity index (χ1v) is 12.7. The number of carboxylic acids is 1. The summed E-state index contributed by atoms with van der Waals surface area (Å²) in [5, 5.41) is 9.17. The van der Waals surface area contributed by atoms with E-state index in [0.717, 1.165) is 0 Å². The number of hydrogen-bond donors (Lipinski definition) is 1. The molecule has 36 heavy (non-hydrogen) atoms. The molecule has 0 bridgehead atoms. The minimum absolute atomic E-state index is 0.0408. The van der Waals surface area contributed by atoms with Gasteiger partial charge >= 0.3 is 5.97 Å². The molecule has 3 aromatic carbocycles. The maximum Gasteiger partial charge on any atom is 0.307 e. The minimum Gasteiger partial charge on any atom is -0.491 e. The van der Waals surface area contributed by atoms with E-state index in [1.54, 1.807) is 36.4 Å². The van der Waals surface area contributed by atoms with Crippen LogP contribution < -0.4 is 14.2 Å². The molecule has 192 valence electrons. The predicted octanol–water partition coefficient (Wildman–Crippen LogP) is 5.14. The molecule has 0 saturated carbocycles. The lowest BCUT2D eigenvalue weighted by Gasteiger charge is -2.21. The van der Waals surface area contributed by atoms with Gasteiger partial charge in [0.15, 0.2) is 0 Å². The van der Waals surface area contributed by atoms with Crippen molar-refractivity contribution in [1.29, 1.82) is 0 Å². The van der Waals surface area contributed by atoms with Gasteiger partial charge in [0.2, 0.25) is 9.84 Å². The molecule has 1 N–H and O–H groups in total. The molecule has 0 spiro atoms. The van der Waals surface area contributed by atoms with Crippen LogP contribution in [-0.2, 0) is 25.8 Å². The van der Waals surface area contributed by atoms with Gasteiger partial charge in [-0.2, -0.15) is 0 Å². The van der Waals surface area contributed by atoms with Crippen molar-refractivity contribution in [2.75, 3.05) is 20.3 Å². The second-order valence-corrected chi connectivity index (χ2v) is 10.9. The molecule has 0 amide bonds. The zero-order valence-electron chi connectivity index (χ0n) is 20.7. The van der Waals surface area contributed by atoms with Crippen molar-refractivity contribution in [1.82, 2.24) is 0 Å². The summed E-state index contributed by atoms with van der Waals surface area (Å²) in [5.41, 5.74) is 0.00280. The summed E-state index contributed by atoms with van der Waals surface area (Å²) in [7, 11) is -2.42. The fraction of sp³-hybridized carbons (Fsp3) is 0.296. The van der Waals surface area contributed by atoms with Gasteiger partial charge in [0, 0.05) is 7.11 Å². The third-order valence-electron chi connectivity index (χ3n) is 4.78. The van der Waals surface area contributed by atoms with Gasteiger partial charge in [-0.05, 0) is 93.1 Å². The van der Waals surface area contributed by atoms with E-state index in [2.05, 4.69) is 0 Å². The zero-order valence-corrected chi connectivity index (χ0v) is 21.5. The lowest BCUT2D eigenvalue weighted by atomic mass is 10.1. The minimum atomic E-state index is -3.94. The fourth-order valence-corrected chi connectivity index (χ4v) is 4.62. The summed E-state index contributed by atoms with van der Waals surface area (Å²) < 4.78 is 48.7. The van der Waals surface area contributed by atoms with Gasteiger partial charge in [-0.3, -0.25) is 4.79 Å². The van der Waals surface area contributed by atoms with Crippen LogP contribution in [0, 0.1) is 0 Å². The van der Waals surface area contributed by atoms with Crippen molar-refractivity contribution in [3.63, 3.8) is 0 Å². The quantitative estimate of drug-likeness (QED) is 0.350. The van der Waals surface area contributed by atoms with Crippen molar-refractivity contribution in [3.8, 4) is 23.0 Å². The normalized spacial score (nSPS) is 11.7. The summed E-state index contributed by atoms with van der Waals surface area (Å²) in [4.78, 5) is 11.2. The van der Waals surface area contributed by atoms with Crippen LogP contribution in [0.25, 0.3) is 0 Å². The molecule has 0 aromatic heterocycles.